The Morgan fingerprint density at radius 3 is 2.02 bits per heavy atom. The highest BCUT2D eigenvalue weighted by molar-refractivity contribution is 5.17. The summed E-state index contributed by atoms with van der Waals surface area (Å²) in [6.07, 6.45) is -0.0677. The molecule has 0 radical (unpaired) electrons. The molecular weight excluding hydrogens is 632 g/mol. The lowest BCUT2D eigenvalue weighted by Gasteiger charge is -2.62. The van der Waals surface area contributed by atoms with E-state index in [1.54, 1.807) is 0 Å². The van der Waals surface area contributed by atoms with Crippen molar-refractivity contribution in [3.05, 3.63) is 120 Å². The third-order valence-electron chi connectivity index (χ3n) is 11.2. The van der Waals surface area contributed by atoms with E-state index in [1.807, 2.05) is 67.6 Å². The topological polar surface area (TPSA) is 84.8 Å². The summed E-state index contributed by atoms with van der Waals surface area (Å²) >= 11 is 0. The Morgan fingerprint density at radius 2 is 1.40 bits per heavy atom. The molecule has 0 aliphatic carbocycles. The Hall–Kier alpha value is -2.92. The maximum absolute atomic E-state index is 11.2. The fourth-order valence-electron chi connectivity index (χ4n) is 8.26. The van der Waals surface area contributed by atoms with Gasteiger partial charge in [-0.25, -0.2) is 0 Å². The lowest BCUT2D eigenvalue weighted by molar-refractivity contribution is -0.380. The van der Waals surface area contributed by atoms with Crippen LogP contribution in [0.5, 0.6) is 0 Å². The van der Waals surface area contributed by atoms with Crippen LogP contribution >= 0.6 is 0 Å². The van der Waals surface area contributed by atoms with Crippen LogP contribution in [0, 0.1) is 5.92 Å². The van der Waals surface area contributed by atoms with E-state index in [4.69, 9.17) is 33.2 Å². The minimum atomic E-state index is -0.864. The van der Waals surface area contributed by atoms with Gasteiger partial charge in [0.2, 0.25) is 0 Å². The first-order valence-electron chi connectivity index (χ1n) is 18.2. The van der Waals surface area contributed by atoms with Gasteiger partial charge >= 0.3 is 0 Å². The van der Waals surface area contributed by atoms with Crippen LogP contribution in [0.2, 0.25) is 0 Å². The molecule has 0 aromatic heterocycles. The molecule has 0 amide bonds. The second kappa shape index (κ2) is 15.4. The van der Waals surface area contributed by atoms with E-state index in [9.17, 15) is 5.11 Å². The number of ether oxygens (including phenoxy) is 7. The van der Waals surface area contributed by atoms with E-state index in [2.05, 4.69) is 56.8 Å². The van der Waals surface area contributed by atoms with Gasteiger partial charge in [0.1, 0.15) is 23.9 Å². The van der Waals surface area contributed by atoms with E-state index in [1.165, 1.54) is 0 Å². The molecule has 3 aromatic carbocycles. The Kier molecular flexibility index (Phi) is 10.9. The van der Waals surface area contributed by atoms with Gasteiger partial charge in [-0.05, 0) is 30.5 Å². The summed E-state index contributed by atoms with van der Waals surface area (Å²) in [5.41, 5.74) is 1.76. The van der Waals surface area contributed by atoms with Gasteiger partial charge in [0, 0.05) is 25.2 Å². The van der Waals surface area contributed by atoms with Gasteiger partial charge in [-0.3, -0.25) is 0 Å². The van der Waals surface area contributed by atoms with Crippen LogP contribution in [-0.4, -0.2) is 77.9 Å². The summed E-state index contributed by atoms with van der Waals surface area (Å²) in [6.45, 7) is 11.9. The second-order valence-electron chi connectivity index (χ2n) is 14.9. The first-order valence-corrected chi connectivity index (χ1v) is 18.2. The van der Waals surface area contributed by atoms with E-state index in [0.29, 0.717) is 45.7 Å². The van der Waals surface area contributed by atoms with Crippen molar-refractivity contribution in [2.45, 2.75) is 126 Å². The molecular formula is C42H52O8. The normalized spacial score (nSPS) is 37.2. The molecule has 4 fully saturated rings. The van der Waals surface area contributed by atoms with Crippen LogP contribution in [0.15, 0.2) is 104 Å². The zero-order valence-electron chi connectivity index (χ0n) is 29.5. The van der Waals surface area contributed by atoms with Gasteiger partial charge in [-0.1, -0.05) is 104 Å². The molecule has 12 atom stereocenters. The molecule has 0 spiro atoms. The largest absolute Gasteiger partial charge is 0.390 e. The van der Waals surface area contributed by atoms with Gasteiger partial charge < -0.3 is 38.3 Å². The van der Waals surface area contributed by atoms with Crippen LogP contribution < -0.4 is 0 Å². The third-order valence-corrected chi connectivity index (χ3v) is 11.2. The molecule has 0 bridgehead atoms. The summed E-state index contributed by atoms with van der Waals surface area (Å²) in [7, 11) is 0. The summed E-state index contributed by atoms with van der Waals surface area (Å²) in [6, 6.07) is 30.5. The van der Waals surface area contributed by atoms with Gasteiger partial charge in [0.15, 0.2) is 0 Å². The van der Waals surface area contributed by atoms with E-state index < -0.39 is 41.7 Å². The summed E-state index contributed by atoms with van der Waals surface area (Å²) in [5, 5.41) is 11.2. The molecule has 8 nitrogen and oxygen atoms in total. The number of hydrogen-bond donors (Lipinski definition) is 1. The van der Waals surface area contributed by atoms with Crippen LogP contribution in [0.25, 0.3) is 0 Å². The Labute approximate surface area is 296 Å². The molecule has 4 aliphatic heterocycles. The van der Waals surface area contributed by atoms with Crippen molar-refractivity contribution in [2.24, 2.45) is 5.92 Å². The summed E-state index contributed by atoms with van der Waals surface area (Å²) in [4.78, 5) is 0. The van der Waals surface area contributed by atoms with E-state index in [0.717, 1.165) is 16.7 Å². The highest BCUT2D eigenvalue weighted by Gasteiger charge is 2.64. The predicted molar refractivity (Wildman–Crippen MR) is 189 cm³/mol. The third kappa shape index (κ3) is 7.50. The number of aliphatic hydroxyl groups is 1. The van der Waals surface area contributed by atoms with Crippen molar-refractivity contribution in [1.82, 2.24) is 0 Å². The molecule has 8 heteroatoms. The smallest absolute Gasteiger partial charge is 0.121 e. The molecule has 0 saturated carbocycles. The fraction of sp³-hybridized carbons (Fsp3) is 0.524. The maximum Gasteiger partial charge on any atom is 0.121 e. The molecule has 268 valence electrons. The van der Waals surface area contributed by atoms with Gasteiger partial charge in [0.25, 0.3) is 0 Å². The number of hydrogen-bond acceptors (Lipinski definition) is 8. The van der Waals surface area contributed by atoms with Crippen molar-refractivity contribution in [2.75, 3.05) is 6.61 Å². The van der Waals surface area contributed by atoms with Crippen molar-refractivity contribution in [3.8, 4) is 0 Å². The number of fused-ring (bicyclic) bond motifs is 3. The second-order valence-corrected chi connectivity index (χ2v) is 14.9. The average Bonchev–Trinajstić information content (AvgIpc) is 3.13. The molecule has 7 rings (SSSR count). The minimum Gasteiger partial charge on any atom is -0.390 e. The summed E-state index contributed by atoms with van der Waals surface area (Å²) in [5.74, 6) is -0.0545. The highest BCUT2D eigenvalue weighted by Crippen LogP contribution is 2.50. The molecule has 4 aliphatic rings. The van der Waals surface area contributed by atoms with Gasteiger partial charge in [-0.2, -0.15) is 0 Å². The fourth-order valence-corrected chi connectivity index (χ4v) is 8.26. The lowest BCUT2D eigenvalue weighted by Crippen LogP contribution is -2.75. The Balaban J connectivity index is 1.14. The summed E-state index contributed by atoms with van der Waals surface area (Å²) < 4.78 is 47.5. The van der Waals surface area contributed by atoms with Crippen molar-refractivity contribution in [1.29, 1.82) is 0 Å². The first kappa shape index (κ1) is 35.5. The molecule has 4 saturated heterocycles. The van der Waals surface area contributed by atoms with E-state index >= 15 is 0 Å². The van der Waals surface area contributed by atoms with E-state index in [-0.39, 0.29) is 30.3 Å². The van der Waals surface area contributed by atoms with Crippen molar-refractivity contribution in [3.63, 3.8) is 0 Å². The number of benzene rings is 3. The Bertz CT molecular complexity index is 1520. The monoisotopic (exact) mass is 684 g/mol. The van der Waals surface area contributed by atoms with Gasteiger partial charge in [0.05, 0.1) is 68.7 Å². The first-order chi connectivity index (χ1) is 24.3. The van der Waals surface area contributed by atoms with Crippen molar-refractivity contribution >= 4 is 0 Å². The molecule has 0 unspecified atom stereocenters. The zero-order valence-corrected chi connectivity index (χ0v) is 29.5. The molecule has 4 heterocycles. The van der Waals surface area contributed by atoms with Crippen LogP contribution in [-0.2, 0) is 53.0 Å². The van der Waals surface area contributed by atoms with Crippen LogP contribution in [0.4, 0.5) is 0 Å². The minimum absolute atomic E-state index is 0.0545. The molecule has 1 N–H and O–H groups in total. The Morgan fingerprint density at radius 1 is 0.800 bits per heavy atom. The highest BCUT2D eigenvalue weighted by atomic mass is 16.7. The number of rotatable bonds is 12. The molecule has 50 heavy (non-hydrogen) atoms. The van der Waals surface area contributed by atoms with Gasteiger partial charge in [-0.15, -0.1) is 6.58 Å². The molecule has 3 aromatic rings. The zero-order chi connectivity index (χ0) is 34.7. The SMILES string of the molecule is C=C[C@H](C)[C@@H]1O[C@@]2(C)[C@H](C[C@H]1O)O[C@@H]1C[C@]3(C)O[C@H](COCc4ccccc4)[C@@H](OCc4ccccc4)C[C@H]3O[C@H]1[C@@H]2OCc1ccccc1. The average molecular weight is 685 g/mol. The lowest BCUT2D eigenvalue weighted by atomic mass is 9.72. The maximum atomic E-state index is 11.2. The van der Waals surface area contributed by atoms with Crippen molar-refractivity contribution < 1.29 is 38.3 Å². The number of aliphatic hydroxyl groups excluding tert-OH is 1. The quantitative estimate of drug-likeness (QED) is 0.215. The standard InChI is InChI=1S/C42H52O8/c1-5-28(2)38-32(43)21-37-42(4,50-38)40(46-26-31-19-13-8-14-20-31)39-34(47-37)23-41(3)36(48-39)22-33(45-25-30-17-11-7-12-18-30)35(49-41)27-44-24-29-15-9-6-10-16-29/h5-20,28,32-40,43H,1,21-27H2,2-4H3/t28-,32+,33-,34+,35+,36+,37-,38-,39+,40-,41-,42-/m0/s1. The van der Waals surface area contributed by atoms with Crippen LogP contribution in [0.1, 0.15) is 56.7 Å². The van der Waals surface area contributed by atoms with Crippen LogP contribution in [0.3, 0.4) is 0 Å². The predicted octanol–water partition coefficient (Wildman–Crippen LogP) is 6.58.